The Bertz CT molecular complexity index is 1060. The average molecular weight is 361 g/mol. The molecule has 1 aliphatic carbocycles. The lowest BCUT2D eigenvalue weighted by atomic mass is 10.0. The predicted molar refractivity (Wildman–Crippen MR) is 104 cm³/mol. The average Bonchev–Trinajstić information content (AvgIpc) is 3.43. The molecule has 0 amide bonds. The van der Waals surface area contributed by atoms with Gasteiger partial charge in [-0.3, -0.25) is 5.10 Å². The number of H-pyrrole nitrogens is 1. The van der Waals surface area contributed by atoms with Crippen LogP contribution in [0.4, 0.5) is 10.2 Å². The van der Waals surface area contributed by atoms with Crippen molar-refractivity contribution in [3.63, 3.8) is 0 Å². The highest BCUT2D eigenvalue weighted by Crippen LogP contribution is 2.35. The monoisotopic (exact) mass is 361 g/mol. The van der Waals surface area contributed by atoms with Crippen LogP contribution >= 0.6 is 0 Å². The van der Waals surface area contributed by atoms with Gasteiger partial charge in [-0.1, -0.05) is 18.9 Å². The van der Waals surface area contributed by atoms with E-state index in [-0.39, 0.29) is 5.82 Å². The minimum atomic E-state index is -0.255. The quantitative estimate of drug-likeness (QED) is 0.544. The highest BCUT2D eigenvalue weighted by molar-refractivity contribution is 5.91. The van der Waals surface area contributed by atoms with Crippen molar-refractivity contribution < 1.29 is 4.39 Å². The zero-order chi connectivity index (χ0) is 18.2. The molecule has 6 heteroatoms. The molecule has 5 nitrogen and oxygen atoms in total. The van der Waals surface area contributed by atoms with E-state index < -0.39 is 0 Å². The molecule has 0 bridgehead atoms. The Labute approximate surface area is 156 Å². The lowest BCUT2D eigenvalue weighted by Gasteiger charge is -2.14. The molecule has 4 aromatic rings. The van der Waals surface area contributed by atoms with E-state index in [9.17, 15) is 4.39 Å². The fourth-order valence-electron chi connectivity index (χ4n) is 3.93. The molecular formula is C21H20FN5. The van der Waals surface area contributed by atoms with Crippen molar-refractivity contribution in [1.82, 2.24) is 19.8 Å². The van der Waals surface area contributed by atoms with E-state index in [1.165, 1.54) is 37.8 Å². The van der Waals surface area contributed by atoms with Crippen molar-refractivity contribution in [1.29, 1.82) is 0 Å². The normalized spacial score (nSPS) is 14.9. The lowest BCUT2D eigenvalue weighted by Crippen LogP contribution is -2.16. The molecule has 1 aliphatic rings. The largest absolute Gasteiger partial charge is 0.367 e. The summed E-state index contributed by atoms with van der Waals surface area (Å²) in [7, 11) is 0. The maximum Gasteiger partial charge on any atom is 0.128 e. The maximum absolute atomic E-state index is 13.4. The molecule has 0 atom stereocenters. The van der Waals surface area contributed by atoms with Gasteiger partial charge in [0.05, 0.1) is 16.8 Å². The zero-order valence-electron chi connectivity index (χ0n) is 14.8. The predicted octanol–water partition coefficient (Wildman–Crippen LogP) is 4.89. The summed E-state index contributed by atoms with van der Waals surface area (Å²) in [4.78, 5) is 0. The Morgan fingerprint density at radius 3 is 2.59 bits per heavy atom. The number of hydrogen-bond donors (Lipinski definition) is 2. The Hall–Kier alpha value is -3.15. The van der Waals surface area contributed by atoms with Gasteiger partial charge in [0.15, 0.2) is 0 Å². The Morgan fingerprint density at radius 2 is 1.85 bits per heavy atom. The van der Waals surface area contributed by atoms with E-state index in [0.717, 1.165) is 33.8 Å². The number of nitrogens with one attached hydrogen (secondary N) is 2. The minimum Gasteiger partial charge on any atom is -0.367 e. The lowest BCUT2D eigenvalue weighted by molar-refractivity contribution is 0.628. The molecule has 27 heavy (non-hydrogen) atoms. The maximum atomic E-state index is 13.4. The van der Waals surface area contributed by atoms with Crippen molar-refractivity contribution in [2.45, 2.75) is 31.7 Å². The summed E-state index contributed by atoms with van der Waals surface area (Å²) in [6, 6.07) is 15.0. The number of anilines is 1. The summed E-state index contributed by atoms with van der Waals surface area (Å²) in [6.45, 7) is 0. The molecule has 2 N–H and O–H groups in total. The molecule has 136 valence electrons. The third kappa shape index (κ3) is 2.87. The molecule has 1 saturated carbocycles. The number of benzene rings is 1. The second-order valence-corrected chi connectivity index (χ2v) is 7.03. The van der Waals surface area contributed by atoms with Crippen molar-refractivity contribution in [3.05, 3.63) is 60.5 Å². The molecular weight excluding hydrogens is 341 g/mol. The van der Waals surface area contributed by atoms with E-state index in [1.54, 1.807) is 18.3 Å². The summed E-state index contributed by atoms with van der Waals surface area (Å²) < 4.78 is 15.4. The third-order valence-corrected chi connectivity index (χ3v) is 5.25. The van der Waals surface area contributed by atoms with E-state index in [1.807, 2.05) is 16.6 Å². The Morgan fingerprint density at radius 1 is 1.04 bits per heavy atom. The van der Waals surface area contributed by atoms with Crippen LogP contribution in [0.5, 0.6) is 0 Å². The van der Waals surface area contributed by atoms with Crippen molar-refractivity contribution >= 4 is 11.3 Å². The van der Waals surface area contributed by atoms with Gasteiger partial charge in [-0.15, -0.1) is 0 Å². The first kappa shape index (κ1) is 16.1. The third-order valence-electron chi connectivity index (χ3n) is 5.25. The summed E-state index contributed by atoms with van der Waals surface area (Å²) in [5, 5.41) is 15.7. The van der Waals surface area contributed by atoms with Crippen molar-refractivity contribution in [2.24, 2.45) is 0 Å². The molecule has 0 radical (unpaired) electrons. The van der Waals surface area contributed by atoms with Crippen molar-refractivity contribution in [2.75, 3.05) is 5.32 Å². The topological polar surface area (TPSA) is 58.0 Å². The summed E-state index contributed by atoms with van der Waals surface area (Å²) >= 11 is 0. The van der Waals surface area contributed by atoms with Crippen molar-refractivity contribution in [3.8, 4) is 22.5 Å². The number of aromatic nitrogens is 4. The zero-order valence-corrected chi connectivity index (χ0v) is 14.8. The van der Waals surface area contributed by atoms with Gasteiger partial charge in [-0.2, -0.15) is 10.2 Å². The molecule has 0 unspecified atom stereocenters. The number of nitrogens with zero attached hydrogens (tertiary/aromatic N) is 3. The highest BCUT2D eigenvalue weighted by Gasteiger charge is 2.21. The fraction of sp³-hybridized carbons (Fsp3) is 0.238. The number of hydrogen-bond acceptors (Lipinski definition) is 3. The number of fused-ring (bicyclic) bond motifs is 1. The van der Waals surface area contributed by atoms with Gasteiger partial charge in [-0.25, -0.2) is 8.91 Å². The van der Waals surface area contributed by atoms with Crippen LogP contribution in [-0.2, 0) is 0 Å². The summed E-state index contributed by atoms with van der Waals surface area (Å²) in [6.07, 6.45) is 6.65. The number of halogens is 1. The molecule has 0 spiro atoms. The second kappa shape index (κ2) is 6.54. The first-order valence-electron chi connectivity index (χ1n) is 9.33. The number of pyridine rings is 1. The molecule has 3 heterocycles. The summed E-state index contributed by atoms with van der Waals surface area (Å²) in [5.74, 6) is 0.725. The second-order valence-electron chi connectivity index (χ2n) is 7.03. The molecule has 5 rings (SSSR count). The SMILES string of the molecule is Fc1ccc(-c2nn3c(NC4CCCC4)cccc3c2-c2ccn[nH]2)cc1. The van der Waals surface area contributed by atoms with Crippen LogP contribution in [0.2, 0.25) is 0 Å². The van der Waals surface area contributed by atoms with Gasteiger partial charge >= 0.3 is 0 Å². The fourth-order valence-corrected chi connectivity index (χ4v) is 3.93. The van der Waals surface area contributed by atoms with Crippen LogP contribution in [0.25, 0.3) is 28.0 Å². The van der Waals surface area contributed by atoms with E-state index in [4.69, 9.17) is 5.10 Å². The first-order valence-corrected chi connectivity index (χ1v) is 9.33. The van der Waals surface area contributed by atoms with Crippen LogP contribution in [0.15, 0.2) is 54.7 Å². The molecule has 0 saturated heterocycles. The van der Waals surface area contributed by atoms with E-state index in [2.05, 4.69) is 27.6 Å². The molecule has 1 fully saturated rings. The van der Waals surface area contributed by atoms with Gasteiger partial charge < -0.3 is 5.32 Å². The van der Waals surface area contributed by atoms with Gasteiger partial charge in [-0.05, 0) is 55.3 Å². The van der Waals surface area contributed by atoms with Crippen LogP contribution < -0.4 is 5.32 Å². The van der Waals surface area contributed by atoms with Gasteiger partial charge in [0.2, 0.25) is 0 Å². The van der Waals surface area contributed by atoms with E-state index >= 15 is 0 Å². The highest BCUT2D eigenvalue weighted by atomic mass is 19.1. The van der Waals surface area contributed by atoms with Gasteiger partial charge in [0, 0.05) is 17.8 Å². The van der Waals surface area contributed by atoms with Crippen LogP contribution in [0.1, 0.15) is 25.7 Å². The number of rotatable bonds is 4. The number of aromatic amines is 1. The van der Waals surface area contributed by atoms with Gasteiger partial charge in [0.25, 0.3) is 0 Å². The van der Waals surface area contributed by atoms with Crippen LogP contribution in [-0.4, -0.2) is 25.9 Å². The summed E-state index contributed by atoms with van der Waals surface area (Å²) in [5.41, 5.74) is 4.52. The first-order chi connectivity index (χ1) is 13.3. The minimum absolute atomic E-state index is 0.255. The van der Waals surface area contributed by atoms with Gasteiger partial charge in [0.1, 0.15) is 17.3 Å². The van der Waals surface area contributed by atoms with Crippen LogP contribution in [0, 0.1) is 5.82 Å². The standard InChI is InChI=1S/C21H20FN5/c22-15-10-8-14(9-11-15)21-20(17-12-13-23-25-17)18-6-3-7-19(27(18)26-21)24-16-4-1-2-5-16/h3,6-13,16,24H,1-2,4-5H2,(H,23,25). The Kier molecular flexibility index (Phi) is 3.89. The van der Waals surface area contributed by atoms with E-state index in [0.29, 0.717) is 6.04 Å². The van der Waals surface area contributed by atoms with Crippen LogP contribution in [0.3, 0.4) is 0 Å². The Balaban J connectivity index is 1.70. The molecule has 1 aromatic carbocycles. The molecule has 3 aromatic heterocycles. The smallest absolute Gasteiger partial charge is 0.128 e. The molecule has 0 aliphatic heterocycles.